The van der Waals surface area contributed by atoms with Gasteiger partial charge in [0.05, 0.1) is 19.9 Å². The van der Waals surface area contributed by atoms with Gasteiger partial charge in [-0.2, -0.15) is 0 Å². The van der Waals surface area contributed by atoms with E-state index in [1.807, 2.05) is 18.2 Å². The van der Waals surface area contributed by atoms with Gasteiger partial charge in [-0.25, -0.2) is 9.59 Å². The van der Waals surface area contributed by atoms with E-state index in [9.17, 15) is 19.5 Å². The molecule has 8 nitrogen and oxygen atoms in total. The molecule has 4 aliphatic heterocycles. The van der Waals surface area contributed by atoms with E-state index in [0.717, 1.165) is 12.0 Å². The van der Waals surface area contributed by atoms with Gasteiger partial charge < -0.3 is 19.5 Å². The molecule has 4 bridgehead atoms. The third-order valence-electron chi connectivity index (χ3n) is 7.76. The molecule has 2 amide bonds. The quantitative estimate of drug-likeness (QED) is 0.544. The van der Waals surface area contributed by atoms with Crippen LogP contribution in [0.4, 0.5) is 10.5 Å². The van der Waals surface area contributed by atoms with Crippen LogP contribution in [0.2, 0.25) is 0 Å². The van der Waals surface area contributed by atoms with E-state index >= 15 is 0 Å². The van der Waals surface area contributed by atoms with Crippen molar-refractivity contribution in [1.82, 2.24) is 4.90 Å². The van der Waals surface area contributed by atoms with Crippen molar-refractivity contribution in [2.75, 3.05) is 32.2 Å². The number of carbonyl (C=O) groups excluding carboxylic acids is 3. The van der Waals surface area contributed by atoms with Gasteiger partial charge in [0.1, 0.15) is 11.0 Å². The van der Waals surface area contributed by atoms with Crippen LogP contribution in [0.3, 0.4) is 0 Å². The molecular weight excluding hydrogens is 400 g/mol. The first-order chi connectivity index (χ1) is 14.9. The van der Waals surface area contributed by atoms with Crippen LogP contribution in [0.15, 0.2) is 35.9 Å². The second-order valence-electron chi connectivity index (χ2n) is 8.83. The average Bonchev–Trinajstić information content (AvgIpc) is 3.23. The second-order valence-corrected chi connectivity index (χ2v) is 8.83. The first kappa shape index (κ1) is 20.1. The molecule has 0 unspecified atom stereocenters. The molecule has 6 rings (SSSR count). The highest BCUT2D eigenvalue weighted by atomic mass is 16.6. The van der Waals surface area contributed by atoms with Crippen molar-refractivity contribution in [3.05, 3.63) is 41.5 Å². The largest absolute Gasteiger partial charge is 0.467 e. The average molecular weight is 426 g/mol. The maximum absolute atomic E-state index is 14.1. The molecule has 4 heterocycles. The molecular formula is C23H26N2O6. The van der Waals surface area contributed by atoms with Gasteiger partial charge in [-0.05, 0) is 37.3 Å². The van der Waals surface area contributed by atoms with E-state index < -0.39 is 28.6 Å². The zero-order chi connectivity index (χ0) is 22.0. The van der Waals surface area contributed by atoms with Gasteiger partial charge in [0.15, 0.2) is 5.60 Å². The molecule has 1 aromatic carbocycles. The number of nitrogens with zero attached hydrogens (tertiary/aromatic N) is 2. The summed E-state index contributed by atoms with van der Waals surface area (Å²) in [5, 5.41) is 12.2. The minimum absolute atomic E-state index is 0.0101. The number of methoxy groups -OCH3 is 2. The van der Waals surface area contributed by atoms with Crippen molar-refractivity contribution >= 4 is 23.7 Å². The Bertz CT molecular complexity index is 1020. The van der Waals surface area contributed by atoms with Gasteiger partial charge in [-0.3, -0.25) is 9.69 Å². The van der Waals surface area contributed by atoms with Crippen LogP contribution in [0.1, 0.15) is 37.7 Å². The summed E-state index contributed by atoms with van der Waals surface area (Å²) < 4.78 is 10.2. The predicted octanol–water partition coefficient (Wildman–Crippen LogP) is 1.90. The van der Waals surface area contributed by atoms with Crippen LogP contribution in [0.5, 0.6) is 0 Å². The fraction of sp³-hybridized carbons (Fsp3) is 0.522. The molecule has 1 aliphatic carbocycles. The fourth-order valence-electron chi connectivity index (χ4n) is 6.53. The maximum atomic E-state index is 14.1. The number of fused-ring (bicyclic) bond motifs is 5. The van der Waals surface area contributed by atoms with E-state index in [4.69, 9.17) is 9.47 Å². The summed E-state index contributed by atoms with van der Waals surface area (Å²) in [6.45, 7) is 1.10. The van der Waals surface area contributed by atoms with Gasteiger partial charge in [-0.15, -0.1) is 0 Å². The van der Waals surface area contributed by atoms with E-state index in [-0.39, 0.29) is 18.7 Å². The molecule has 2 fully saturated rings. The minimum Gasteiger partial charge on any atom is -0.467 e. The molecule has 3 atom stereocenters. The fourth-order valence-corrected chi connectivity index (χ4v) is 6.53. The molecule has 0 saturated carbocycles. The van der Waals surface area contributed by atoms with Crippen LogP contribution in [-0.2, 0) is 24.5 Å². The van der Waals surface area contributed by atoms with Gasteiger partial charge in [0.2, 0.25) is 5.91 Å². The number of hydrogen-bond donors (Lipinski definition) is 1. The predicted molar refractivity (Wildman–Crippen MR) is 110 cm³/mol. The number of anilines is 1. The summed E-state index contributed by atoms with van der Waals surface area (Å²) in [5.41, 5.74) is -2.90. The lowest BCUT2D eigenvalue weighted by atomic mass is 9.54. The SMILES string of the molecule is COC(=O)N1c2ccccc2[C@@]23CCN(CCCC4=CC[C@]12[C@](O)(C(=O)OC)C4)C3=O. The molecule has 8 heteroatoms. The molecule has 2 saturated heterocycles. The van der Waals surface area contributed by atoms with Gasteiger partial charge in [-0.1, -0.05) is 29.8 Å². The van der Waals surface area contributed by atoms with E-state index in [2.05, 4.69) is 0 Å². The summed E-state index contributed by atoms with van der Waals surface area (Å²) in [4.78, 5) is 43.8. The third-order valence-corrected chi connectivity index (χ3v) is 7.76. The van der Waals surface area contributed by atoms with E-state index in [1.165, 1.54) is 19.1 Å². The second kappa shape index (κ2) is 6.56. The van der Waals surface area contributed by atoms with Crippen LogP contribution in [0, 0.1) is 0 Å². The van der Waals surface area contributed by atoms with Crippen molar-refractivity contribution in [2.45, 2.75) is 48.7 Å². The first-order valence-corrected chi connectivity index (χ1v) is 10.6. The molecule has 5 aliphatic rings. The van der Waals surface area contributed by atoms with Crippen molar-refractivity contribution in [3.63, 3.8) is 0 Å². The normalized spacial score (nSPS) is 33.5. The zero-order valence-corrected chi connectivity index (χ0v) is 17.7. The van der Waals surface area contributed by atoms with Crippen molar-refractivity contribution in [2.24, 2.45) is 0 Å². The summed E-state index contributed by atoms with van der Waals surface area (Å²) in [5.74, 6) is -1.00. The molecule has 31 heavy (non-hydrogen) atoms. The maximum Gasteiger partial charge on any atom is 0.414 e. The van der Waals surface area contributed by atoms with Crippen molar-refractivity contribution < 1.29 is 29.0 Å². The zero-order valence-electron chi connectivity index (χ0n) is 17.7. The van der Waals surface area contributed by atoms with Crippen LogP contribution in [0.25, 0.3) is 0 Å². The Morgan fingerprint density at radius 2 is 1.90 bits per heavy atom. The molecule has 2 spiro atoms. The molecule has 1 N–H and O–H groups in total. The van der Waals surface area contributed by atoms with Crippen LogP contribution >= 0.6 is 0 Å². The van der Waals surface area contributed by atoms with E-state index in [0.29, 0.717) is 37.2 Å². The number of benzene rings is 1. The van der Waals surface area contributed by atoms with Gasteiger partial charge >= 0.3 is 12.1 Å². The highest BCUT2D eigenvalue weighted by molar-refractivity contribution is 6.07. The van der Waals surface area contributed by atoms with Gasteiger partial charge in [0.25, 0.3) is 0 Å². The Morgan fingerprint density at radius 1 is 1.13 bits per heavy atom. The number of aliphatic hydroxyl groups is 1. The summed E-state index contributed by atoms with van der Waals surface area (Å²) >= 11 is 0. The standard InChI is InChI=1S/C23H26N2O6/c1-30-19(27)22(29)14-15-6-5-12-24-13-11-21(18(24)26)16-7-3-4-8-17(16)25(20(28)31-2)23(21,22)10-9-15/h3-4,7-9,29H,5-6,10-14H2,1-2H3/t21-,22-,23+/m1/s1. The van der Waals surface area contributed by atoms with Crippen LogP contribution < -0.4 is 4.90 Å². The smallest absolute Gasteiger partial charge is 0.414 e. The topological polar surface area (TPSA) is 96.4 Å². The minimum atomic E-state index is -2.11. The number of esters is 1. The summed E-state index contributed by atoms with van der Waals surface area (Å²) in [6, 6.07) is 7.16. The third kappa shape index (κ3) is 2.16. The molecule has 164 valence electrons. The number of para-hydroxylation sites is 1. The monoisotopic (exact) mass is 426 g/mol. The van der Waals surface area contributed by atoms with E-state index in [1.54, 1.807) is 17.0 Å². The highest BCUT2D eigenvalue weighted by Gasteiger charge is 2.79. The molecule has 1 aromatic rings. The lowest BCUT2D eigenvalue weighted by molar-refractivity contribution is -0.177. The van der Waals surface area contributed by atoms with Gasteiger partial charge in [0, 0.05) is 19.5 Å². The lowest BCUT2D eigenvalue weighted by Crippen LogP contribution is -2.77. The Balaban J connectivity index is 1.92. The molecule has 0 aromatic heterocycles. The Morgan fingerprint density at radius 3 is 2.65 bits per heavy atom. The number of amides is 2. The summed E-state index contributed by atoms with van der Waals surface area (Å²) in [7, 11) is 2.48. The van der Waals surface area contributed by atoms with Crippen LogP contribution in [-0.4, -0.2) is 66.4 Å². The number of rotatable bonds is 1. The van der Waals surface area contributed by atoms with Crippen molar-refractivity contribution in [3.8, 4) is 0 Å². The lowest BCUT2D eigenvalue weighted by Gasteiger charge is -2.55. The molecule has 0 radical (unpaired) electrons. The number of hydrogen-bond acceptors (Lipinski definition) is 6. The Labute approximate surface area is 180 Å². The highest BCUT2D eigenvalue weighted by Crippen LogP contribution is 2.64. The summed E-state index contributed by atoms with van der Waals surface area (Å²) in [6.07, 6.45) is 3.23. The number of ether oxygens (including phenoxy) is 2. The first-order valence-electron chi connectivity index (χ1n) is 10.6. The Hall–Kier alpha value is -2.87. The van der Waals surface area contributed by atoms with Crippen molar-refractivity contribution in [1.29, 1.82) is 0 Å². The Kier molecular flexibility index (Phi) is 4.25. The number of carbonyl (C=O) groups is 3.